The molecule has 0 saturated carbocycles. The number of benzene rings is 1. The third kappa shape index (κ3) is 3.09. The zero-order valence-electron chi connectivity index (χ0n) is 16.3. The summed E-state index contributed by atoms with van der Waals surface area (Å²) in [5.74, 6) is 1.06. The van der Waals surface area contributed by atoms with Gasteiger partial charge in [0.1, 0.15) is 28.1 Å². The molecule has 29 heavy (non-hydrogen) atoms. The molecule has 4 heterocycles. The molecule has 0 bridgehead atoms. The van der Waals surface area contributed by atoms with E-state index in [1.807, 2.05) is 18.2 Å². The molecule has 6 heteroatoms. The predicted molar refractivity (Wildman–Crippen MR) is 111 cm³/mol. The molecular formula is C23H22N2O4. The molecule has 0 atom stereocenters. The Morgan fingerprint density at radius 1 is 1.17 bits per heavy atom. The molecule has 0 N–H and O–H groups in total. The Kier molecular flexibility index (Phi) is 4.56. The van der Waals surface area contributed by atoms with E-state index < -0.39 is 0 Å². The Balaban J connectivity index is 1.79. The van der Waals surface area contributed by atoms with Gasteiger partial charge in [0, 0.05) is 30.6 Å². The average molecular weight is 390 g/mol. The normalized spacial score (nSPS) is 15.2. The van der Waals surface area contributed by atoms with Gasteiger partial charge in [0.25, 0.3) is 0 Å². The van der Waals surface area contributed by atoms with E-state index in [-0.39, 0.29) is 5.43 Å². The van der Waals surface area contributed by atoms with Crippen molar-refractivity contribution in [1.29, 1.82) is 0 Å². The topological polar surface area (TPSA) is 68.7 Å². The molecule has 6 nitrogen and oxygen atoms in total. The van der Waals surface area contributed by atoms with Crippen molar-refractivity contribution in [3.8, 4) is 17.1 Å². The van der Waals surface area contributed by atoms with Gasteiger partial charge in [0.05, 0.1) is 24.3 Å². The summed E-state index contributed by atoms with van der Waals surface area (Å²) >= 11 is 0. The highest BCUT2D eigenvalue weighted by atomic mass is 16.5. The molecule has 0 unspecified atom stereocenters. The molecule has 0 radical (unpaired) electrons. The van der Waals surface area contributed by atoms with Crippen LogP contribution in [-0.4, -0.2) is 30.1 Å². The largest absolute Gasteiger partial charge is 0.495 e. The summed E-state index contributed by atoms with van der Waals surface area (Å²) in [6, 6.07) is 7.34. The van der Waals surface area contributed by atoms with Crippen molar-refractivity contribution in [2.75, 3.05) is 20.2 Å². The molecule has 3 aromatic heterocycles. The maximum Gasteiger partial charge on any atom is 0.201 e. The number of piperidine rings is 1. The van der Waals surface area contributed by atoms with Crippen LogP contribution in [0.15, 0.2) is 56.6 Å². The van der Waals surface area contributed by atoms with Crippen LogP contribution < -0.4 is 10.2 Å². The van der Waals surface area contributed by atoms with Gasteiger partial charge in [-0.25, -0.2) is 0 Å². The number of hydrogen-bond acceptors (Lipinski definition) is 6. The molecule has 148 valence electrons. The summed E-state index contributed by atoms with van der Waals surface area (Å²) in [5.41, 5.74) is 2.45. The van der Waals surface area contributed by atoms with Crippen LogP contribution in [0.25, 0.3) is 33.3 Å². The molecule has 0 amide bonds. The standard InChI is InChI=1S/C23H22N2O4/c1-27-23-16-7-11-28-18(16)12-19-20(23)21(26)17(14-25-9-3-2-4-10-25)22(29-19)15-6-5-8-24-13-15/h5-8,11-13H,2-4,9-10,14H2,1H3. The van der Waals surface area contributed by atoms with Crippen molar-refractivity contribution in [3.63, 3.8) is 0 Å². The lowest BCUT2D eigenvalue weighted by molar-refractivity contribution is 0.219. The lowest BCUT2D eigenvalue weighted by atomic mass is 10.0. The Morgan fingerprint density at radius 3 is 2.79 bits per heavy atom. The predicted octanol–water partition coefficient (Wildman–Crippen LogP) is 4.60. The van der Waals surface area contributed by atoms with Gasteiger partial charge in [-0.2, -0.15) is 0 Å². The third-order valence-corrected chi connectivity index (χ3v) is 5.62. The van der Waals surface area contributed by atoms with Crippen LogP contribution in [0.5, 0.6) is 5.75 Å². The fourth-order valence-electron chi connectivity index (χ4n) is 4.21. The average Bonchev–Trinajstić information content (AvgIpc) is 3.23. The Bertz CT molecular complexity index is 1220. The van der Waals surface area contributed by atoms with Crippen molar-refractivity contribution >= 4 is 21.9 Å². The summed E-state index contributed by atoms with van der Waals surface area (Å²) in [4.78, 5) is 20.3. The second-order valence-electron chi connectivity index (χ2n) is 7.43. The van der Waals surface area contributed by atoms with Gasteiger partial charge in [-0.3, -0.25) is 14.7 Å². The highest BCUT2D eigenvalue weighted by Crippen LogP contribution is 2.36. The zero-order chi connectivity index (χ0) is 19.8. The third-order valence-electron chi connectivity index (χ3n) is 5.62. The first-order valence-electron chi connectivity index (χ1n) is 9.93. The van der Waals surface area contributed by atoms with Gasteiger partial charge < -0.3 is 13.6 Å². The van der Waals surface area contributed by atoms with Crippen molar-refractivity contribution in [3.05, 3.63) is 58.7 Å². The lowest BCUT2D eigenvalue weighted by Gasteiger charge is -2.26. The van der Waals surface area contributed by atoms with Crippen LogP contribution in [0, 0.1) is 0 Å². The highest BCUT2D eigenvalue weighted by molar-refractivity contribution is 6.01. The molecule has 5 rings (SSSR count). The van der Waals surface area contributed by atoms with Crippen LogP contribution in [0.1, 0.15) is 24.8 Å². The van der Waals surface area contributed by atoms with E-state index in [0.717, 1.165) is 36.9 Å². The van der Waals surface area contributed by atoms with E-state index in [1.54, 1.807) is 31.8 Å². The van der Waals surface area contributed by atoms with Crippen molar-refractivity contribution in [2.24, 2.45) is 0 Å². The molecule has 1 saturated heterocycles. The first-order valence-corrected chi connectivity index (χ1v) is 9.93. The Labute approximate surface area is 167 Å². The molecule has 1 aliphatic rings. The number of furan rings is 1. The van der Waals surface area contributed by atoms with Crippen molar-refractivity contribution in [2.45, 2.75) is 25.8 Å². The van der Waals surface area contributed by atoms with Crippen LogP contribution in [0.4, 0.5) is 0 Å². The van der Waals surface area contributed by atoms with E-state index in [4.69, 9.17) is 13.6 Å². The maximum atomic E-state index is 13.7. The van der Waals surface area contributed by atoms with Crippen molar-refractivity contribution in [1.82, 2.24) is 9.88 Å². The lowest BCUT2D eigenvalue weighted by Crippen LogP contribution is -2.31. The van der Waals surface area contributed by atoms with Crippen LogP contribution in [0.3, 0.4) is 0 Å². The molecule has 4 aromatic rings. The van der Waals surface area contributed by atoms with Crippen LogP contribution >= 0.6 is 0 Å². The van der Waals surface area contributed by atoms with Crippen molar-refractivity contribution < 1.29 is 13.6 Å². The van der Waals surface area contributed by atoms with Gasteiger partial charge in [-0.15, -0.1) is 0 Å². The first kappa shape index (κ1) is 17.9. The van der Waals surface area contributed by atoms with E-state index in [1.165, 1.54) is 6.42 Å². The molecule has 1 aliphatic heterocycles. The van der Waals surface area contributed by atoms with Gasteiger partial charge in [-0.05, 0) is 44.1 Å². The fraction of sp³-hybridized carbons (Fsp3) is 0.304. The molecule has 1 aromatic carbocycles. The summed E-state index contributed by atoms with van der Waals surface area (Å²) < 4.78 is 17.5. The minimum atomic E-state index is -0.0596. The van der Waals surface area contributed by atoms with Gasteiger partial charge in [0.2, 0.25) is 5.43 Å². The molecule has 0 spiro atoms. The number of rotatable bonds is 4. The van der Waals surface area contributed by atoms with E-state index >= 15 is 0 Å². The van der Waals surface area contributed by atoms with E-state index in [2.05, 4.69) is 9.88 Å². The van der Waals surface area contributed by atoms with Gasteiger partial charge in [-0.1, -0.05) is 6.42 Å². The molecule has 1 fully saturated rings. The smallest absolute Gasteiger partial charge is 0.201 e. The summed E-state index contributed by atoms with van der Waals surface area (Å²) in [6.45, 7) is 2.53. The van der Waals surface area contributed by atoms with Gasteiger partial charge in [0.15, 0.2) is 0 Å². The Hall–Kier alpha value is -3.12. The highest BCUT2D eigenvalue weighted by Gasteiger charge is 2.23. The monoisotopic (exact) mass is 390 g/mol. The second-order valence-corrected chi connectivity index (χ2v) is 7.43. The van der Waals surface area contributed by atoms with E-state index in [0.29, 0.717) is 40.2 Å². The minimum Gasteiger partial charge on any atom is -0.495 e. The number of ether oxygens (including phenoxy) is 1. The van der Waals surface area contributed by atoms with Crippen LogP contribution in [-0.2, 0) is 6.54 Å². The number of aromatic nitrogens is 1. The second kappa shape index (κ2) is 7.37. The number of methoxy groups -OCH3 is 1. The molecule has 0 aliphatic carbocycles. The number of hydrogen-bond donors (Lipinski definition) is 0. The number of likely N-dealkylation sites (tertiary alicyclic amines) is 1. The fourth-order valence-corrected chi connectivity index (χ4v) is 4.21. The van der Waals surface area contributed by atoms with E-state index in [9.17, 15) is 4.79 Å². The first-order chi connectivity index (χ1) is 14.3. The molecular weight excluding hydrogens is 368 g/mol. The quantitative estimate of drug-likeness (QED) is 0.507. The number of nitrogens with zero attached hydrogens (tertiary/aromatic N) is 2. The number of fused-ring (bicyclic) bond motifs is 2. The Morgan fingerprint density at radius 2 is 2.03 bits per heavy atom. The van der Waals surface area contributed by atoms with Crippen LogP contribution in [0.2, 0.25) is 0 Å². The zero-order valence-corrected chi connectivity index (χ0v) is 16.3. The summed E-state index contributed by atoms with van der Waals surface area (Å²) in [6.07, 6.45) is 8.58. The summed E-state index contributed by atoms with van der Waals surface area (Å²) in [7, 11) is 1.57. The van der Waals surface area contributed by atoms with Gasteiger partial charge >= 0.3 is 0 Å². The summed E-state index contributed by atoms with van der Waals surface area (Å²) in [5, 5.41) is 1.23. The maximum absolute atomic E-state index is 13.7. The minimum absolute atomic E-state index is 0.0596. The SMILES string of the molecule is COc1c2ccoc2cc2oc(-c3cccnc3)c(CN3CCCCC3)c(=O)c12. The number of pyridine rings is 1.